The van der Waals surface area contributed by atoms with Crippen LogP contribution in [0, 0.1) is 19.6 Å². The summed E-state index contributed by atoms with van der Waals surface area (Å²) < 4.78 is 96.2. The summed E-state index contributed by atoms with van der Waals surface area (Å²) in [6.07, 6.45) is 5.23. The summed E-state index contributed by atoms with van der Waals surface area (Å²) in [4.78, 5) is 24.4. The van der Waals surface area contributed by atoms with Crippen molar-refractivity contribution in [3.63, 3.8) is 0 Å². The average molecular weight is 1170 g/mol. The monoisotopic (exact) mass is 1170 g/mol. The fourth-order valence-electron chi connectivity index (χ4n) is 9.43. The molecule has 0 atom stereocenters. The van der Waals surface area contributed by atoms with Gasteiger partial charge in [0.1, 0.15) is 23.3 Å². The van der Waals surface area contributed by atoms with Crippen LogP contribution < -0.4 is 14.5 Å². The predicted octanol–water partition coefficient (Wildman–Crippen LogP) is 15.6. The molecule has 3 aromatic heterocycles. The SMILES string of the molecule is [2H]c1c([2H])c([2H])c(-c2cccc(-c3c([2H])c([2H])c([2H])c([2H])c3[2H])c2N2C=CN(c3[c-]c(Oc4[c-]c5c(cc4-c4nc(C(C)(C)c6ccccc6)nc(C(C)(C)c6ccccc6)n4)c4ccccc4n5-c4ccccn4)ccc3)C2)c([2H])c1[2H].[CH3-].[Pt]. The van der Waals surface area contributed by atoms with Crippen molar-refractivity contribution in [1.82, 2.24) is 24.5 Å². The minimum absolute atomic E-state index is 0. The zero-order valence-corrected chi connectivity index (χ0v) is 43.9. The molecular formula is C66H54N7OPt-3. The van der Waals surface area contributed by atoms with E-state index in [-0.39, 0.29) is 63.1 Å². The molecule has 8 aromatic carbocycles. The number of rotatable bonds is 12. The van der Waals surface area contributed by atoms with Gasteiger partial charge in [-0.05, 0) is 79.1 Å². The minimum Gasteiger partial charge on any atom is -0.508 e. The van der Waals surface area contributed by atoms with Gasteiger partial charge in [0.05, 0.1) is 26.1 Å². The second kappa shape index (κ2) is 20.8. The number of hydrogen-bond donors (Lipinski definition) is 0. The van der Waals surface area contributed by atoms with Crippen molar-refractivity contribution >= 4 is 33.2 Å². The van der Waals surface area contributed by atoms with Gasteiger partial charge < -0.3 is 26.5 Å². The van der Waals surface area contributed by atoms with Crippen molar-refractivity contribution in [1.29, 1.82) is 0 Å². The molecular weight excluding hydrogens is 1100 g/mol. The van der Waals surface area contributed by atoms with E-state index in [1.54, 1.807) is 47.8 Å². The van der Waals surface area contributed by atoms with Crippen LogP contribution in [0.15, 0.2) is 225 Å². The van der Waals surface area contributed by atoms with Crippen molar-refractivity contribution in [2.24, 2.45) is 0 Å². The number of aromatic nitrogens is 5. The number of ether oxygens (including phenoxy) is 1. The first kappa shape index (κ1) is 39.1. The summed E-state index contributed by atoms with van der Waals surface area (Å²) in [6.45, 7) is 8.46. The maximum absolute atomic E-state index is 9.02. The van der Waals surface area contributed by atoms with E-state index in [0.29, 0.717) is 51.6 Å². The summed E-state index contributed by atoms with van der Waals surface area (Å²) in [5, 5.41) is 1.80. The molecule has 0 aliphatic carbocycles. The van der Waals surface area contributed by atoms with Crippen LogP contribution in [0.3, 0.4) is 0 Å². The molecule has 0 amide bonds. The third-order valence-corrected chi connectivity index (χ3v) is 13.4. The Morgan fingerprint density at radius 1 is 0.560 bits per heavy atom. The first-order chi connectivity index (χ1) is 39.8. The van der Waals surface area contributed by atoms with Crippen LogP contribution in [-0.4, -0.2) is 31.2 Å². The van der Waals surface area contributed by atoms with Gasteiger partial charge >= 0.3 is 0 Å². The van der Waals surface area contributed by atoms with Crippen LogP contribution in [0.1, 0.15) is 64.2 Å². The second-order valence-corrected chi connectivity index (χ2v) is 18.7. The van der Waals surface area contributed by atoms with E-state index < -0.39 is 71.3 Å². The Bertz CT molecular complexity index is 4220. The third-order valence-electron chi connectivity index (χ3n) is 13.4. The molecule has 12 rings (SSSR count). The molecule has 75 heavy (non-hydrogen) atoms. The largest absolute Gasteiger partial charge is 0.508 e. The van der Waals surface area contributed by atoms with Crippen LogP contribution in [0.5, 0.6) is 11.5 Å². The van der Waals surface area contributed by atoms with E-state index in [1.165, 1.54) is 0 Å². The maximum atomic E-state index is 9.02. The molecule has 11 aromatic rings. The minimum atomic E-state index is -0.686. The number of anilines is 2. The number of hydrogen-bond acceptors (Lipinski definition) is 7. The number of fused-ring (bicyclic) bond motifs is 3. The van der Waals surface area contributed by atoms with Crippen molar-refractivity contribution in [3.05, 3.63) is 267 Å². The molecule has 8 nitrogen and oxygen atoms in total. The van der Waals surface area contributed by atoms with Gasteiger partial charge in [-0.15, -0.1) is 35.7 Å². The standard InChI is InChI=1S/C65H51N7O.CH3.Pt/c1-64(2,47-27-13-7-14-28-47)62-67-61(68-63(69-62)65(3,4)48-29-15-8-16-30-48)55-42-54-53-33-17-18-36-56(53)72(59-37-19-20-38-66-59)57(54)43-58(55)73-50-32-21-31-49(41-50)70-39-40-71(44-70)60-51(45-23-9-5-10-24-45)34-22-35-52(60)46-25-11-6-12-26-46;;/h5-40,42H,44H2,1-4H3;1H3;/q-2;-1;/i5D,6D,9D,10D,11D,12D,23D,24D,25D,26D;;. The van der Waals surface area contributed by atoms with Crippen molar-refractivity contribution in [2.75, 3.05) is 16.5 Å². The van der Waals surface area contributed by atoms with Gasteiger partial charge in [0.2, 0.25) is 0 Å². The second-order valence-electron chi connectivity index (χ2n) is 18.7. The van der Waals surface area contributed by atoms with E-state index in [2.05, 4.69) is 70.2 Å². The summed E-state index contributed by atoms with van der Waals surface area (Å²) >= 11 is 0. The van der Waals surface area contributed by atoms with E-state index in [4.69, 9.17) is 38.4 Å². The summed E-state index contributed by atoms with van der Waals surface area (Å²) in [7, 11) is 0. The van der Waals surface area contributed by atoms with Gasteiger partial charge in [0.25, 0.3) is 0 Å². The van der Waals surface area contributed by atoms with E-state index in [1.807, 2.05) is 100 Å². The molecule has 372 valence electrons. The van der Waals surface area contributed by atoms with Crippen molar-refractivity contribution in [2.45, 2.75) is 38.5 Å². The first-order valence-corrected chi connectivity index (χ1v) is 23.8. The van der Waals surface area contributed by atoms with Crippen LogP contribution >= 0.6 is 0 Å². The molecule has 0 unspecified atom stereocenters. The quantitative estimate of drug-likeness (QED) is 0.113. The van der Waals surface area contributed by atoms with E-state index in [0.717, 1.165) is 27.4 Å². The molecule has 0 spiro atoms. The topological polar surface area (TPSA) is 72.2 Å². The van der Waals surface area contributed by atoms with Gasteiger partial charge in [-0.3, -0.25) is 0 Å². The van der Waals surface area contributed by atoms with Gasteiger partial charge in [-0.2, -0.15) is 6.07 Å². The number of benzene rings is 8. The van der Waals surface area contributed by atoms with Crippen LogP contribution in [0.2, 0.25) is 0 Å². The fourth-order valence-corrected chi connectivity index (χ4v) is 9.43. The van der Waals surface area contributed by atoms with E-state index in [9.17, 15) is 0 Å². The van der Waals surface area contributed by atoms with Gasteiger partial charge in [0, 0.05) is 78.6 Å². The van der Waals surface area contributed by atoms with E-state index >= 15 is 0 Å². The summed E-state index contributed by atoms with van der Waals surface area (Å²) in [5.74, 6) is 2.73. The van der Waals surface area contributed by atoms with Crippen molar-refractivity contribution < 1.29 is 39.5 Å². The number of pyridine rings is 1. The normalized spacial score (nSPS) is 14.3. The smallest absolute Gasteiger partial charge is 0.141 e. The Kier molecular flexibility index (Phi) is 10.8. The molecule has 4 heterocycles. The summed E-state index contributed by atoms with van der Waals surface area (Å²) in [6, 6.07) is 48.3. The number of para-hydroxylation sites is 2. The molecule has 0 saturated heterocycles. The maximum Gasteiger partial charge on any atom is 0.141 e. The molecule has 0 N–H and O–H groups in total. The molecule has 1 aliphatic rings. The van der Waals surface area contributed by atoms with Crippen LogP contribution in [0.4, 0.5) is 11.4 Å². The molecule has 0 radical (unpaired) electrons. The Morgan fingerprint density at radius 2 is 1.13 bits per heavy atom. The molecule has 0 fully saturated rings. The summed E-state index contributed by atoms with van der Waals surface area (Å²) in [5.41, 5.74) is 3.69. The Morgan fingerprint density at radius 3 is 1.75 bits per heavy atom. The molecule has 1 aliphatic heterocycles. The molecule has 0 bridgehead atoms. The van der Waals surface area contributed by atoms with Crippen LogP contribution in [0.25, 0.3) is 61.3 Å². The number of nitrogens with zero attached hydrogens (tertiary/aromatic N) is 7. The first-order valence-electron chi connectivity index (χ1n) is 28.8. The Balaban J connectivity index is 0.00000402. The third kappa shape index (κ3) is 9.43. The van der Waals surface area contributed by atoms with Crippen LogP contribution in [-0.2, 0) is 31.9 Å². The van der Waals surface area contributed by atoms with Gasteiger partial charge in [-0.1, -0.05) is 175 Å². The van der Waals surface area contributed by atoms with Crippen molar-refractivity contribution in [3.8, 4) is 51.0 Å². The zero-order valence-electron chi connectivity index (χ0n) is 51.7. The molecule has 0 saturated carbocycles. The van der Waals surface area contributed by atoms with Gasteiger partial charge in [0.15, 0.2) is 0 Å². The Hall–Kier alpha value is -8.45. The van der Waals surface area contributed by atoms with Gasteiger partial charge in [-0.25, -0.2) is 19.9 Å². The fraction of sp³-hybridized carbons (Fsp3) is 0.106. The Labute approximate surface area is 468 Å². The molecule has 9 heteroatoms. The zero-order chi connectivity index (χ0) is 58.2. The predicted molar refractivity (Wildman–Crippen MR) is 301 cm³/mol. The average Bonchev–Trinajstić information content (AvgIpc) is 4.22.